The standard InChI is InChI=1S/C15H22O2.Ca.2H/c1-3-4-5-9-12-15(2,14(16)17)13-10-7-6-8-11-13;;;/h6-8,10-11H,3-5,9,12H2,1-2H3,(H,16,17);;;/q;+2;2*-1. The van der Waals surface area contributed by atoms with Crippen LogP contribution in [-0.2, 0) is 10.2 Å². The summed E-state index contributed by atoms with van der Waals surface area (Å²) in [4.78, 5) is 11.5. The zero-order chi connectivity index (χ0) is 12.7. The monoisotopic (exact) mass is 276 g/mol. The van der Waals surface area contributed by atoms with E-state index in [-0.39, 0.29) is 40.6 Å². The first-order valence-electron chi connectivity index (χ1n) is 6.40. The smallest absolute Gasteiger partial charge is 1.00 e. The van der Waals surface area contributed by atoms with Crippen molar-refractivity contribution in [3.63, 3.8) is 0 Å². The number of hydrogen-bond donors (Lipinski definition) is 1. The third-order valence-electron chi connectivity index (χ3n) is 3.41. The molecule has 98 valence electrons. The molecule has 1 aromatic rings. The molecule has 0 radical (unpaired) electrons. The maximum atomic E-state index is 11.5. The molecular formula is C15H24CaO2. The van der Waals surface area contributed by atoms with Gasteiger partial charge >= 0.3 is 43.7 Å². The Morgan fingerprint density at radius 3 is 2.33 bits per heavy atom. The number of carboxylic acids is 1. The Morgan fingerprint density at radius 1 is 1.22 bits per heavy atom. The number of hydrogen-bond acceptors (Lipinski definition) is 1. The van der Waals surface area contributed by atoms with Gasteiger partial charge in [0.1, 0.15) is 0 Å². The van der Waals surface area contributed by atoms with Gasteiger partial charge in [-0.2, -0.15) is 0 Å². The third-order valence-corrected chi connectivity index (χ3v) is 3.41. The summed E-state index contributed by atoms with van der Waals surface area (Å²) in [6, 6.07) is 9.55. The fourth-order valence-corrected chi connectivity index (χ4v) is 2.09. The average molecular weight is 276 g/mol. The van der Waals surface area contributed by atoms with E-state index in [4.69, 9.17) is 0 Å². The van der Waals surface area contributed by atoms with Gasteiger partial charge in [-0.3, -0.25) is 4.79 Å². The van der Waals surface area contributed by atoms with Crippen LogP contribution < -0.4 is 0 Å². The normalized spacial score (nSPS) is 13.4. The average Bonchev–Trinajstić information content (AvgIpc) is 2.35. The molecule has 0 heterocycles. The molecule has 1 rings (SSSR count). The molecule has 0 fully saturated rings. The molecule has 18 heavy (non-hydrogen) atoms. The summed E-state index contributed by atoms with van der Waals surface area (Å²) in [5.41, 5.74) is 0.165. The summed E-state index contributed by atoms with van der Waals surface area (Å²) in [5.74, 6) is -0.722. The molecule has 0 aliphatic carbocycles. The van der Waals surface area contributed by atoms with E-state index in [9.17, 15) is 9.90 Å². The number of benzene rings is 1. The Bertz CT molecular complexity index is 360. The van der Waals surface area contributed by atoms with Gasteiger partial charge in [0.2, 0.25) is 0 Å². The minimum Gasteiger partial charge on any atom is -1.00 e. The summed E-state index contributed by atoms with van der Waals surface area (Å²) in [6.07, 6.45) is 5.17. The minimum atomic E-state index is -0.741. The van der Waals surface area contributed by atoms with Gasteiger partial charge in [-0.1, -0.05) is 62.9 Å². The molecule has 0 aliphatic rings. The molecule has 0 aromatic heterocycles. The van der Waals surface area contributed by atoms with Gasteiger partial charge in [-0.05, 0) is 18.9 Å². The van der Waals surface area contributed by atoms with Crippen molar-refractivity contribution >= 4 is 43.7 Å². The second-order valence-corrected chi connectivity index (χ2v) is 4.81. The zero-order valence-electron chi connectivity index (χ0n) is 13.5. The zero-order valence-corrected chi connectivity index (χ0v) is 13.7. The van der Waals surface area contributed by atoms with Crippen LogP contribution in [0.3, 0.4) is 0 Å². The van der Waals surface area contributed by atoms with E-state index >= 15 is 0 Å². The van der Waals surface area contributed by atoms with Gasteiger partial charge in [0.15, 0.2) is 0 Å². The van der Waals surface area contributed by atoms with Gasteiger partial charge in [0.05, 0.1) is 5.41 Å². The molecule has 1 unspecified atom stereocenters. The van der Waals surface area contributed by atoms with Gasteiger partial charge in [-0.15, -0.1) is 0 Å². The second kappa shape index (κ2) is 8.95. The van der Waals surface area contributed by atoms with E-state index in [0.717, 1.165) is 18.4 Å². The molecule has 0 bridgehead atoms. The largest absolute Gasteiger partial charge is 2.00 e. The molecule has 0 amide bonds. The summed E-state index contributed by atoms with van der Waals surface area (Å²) in [6.45, 7) is 3.99. The first kappa shape index (κ1) is 17.9. The van der Waals surface area contributed by atoms with Gasteiger partial charge < -0.3 is 7.96 Å². The number of aliphatic carboxylic acids is 1. The molecular weight excluding hydrogens is 252 g/mol. The van der Waals surface area contributed by atoms with Crippen molar-refractivity contribution in [1.82, 2.24) is 0 Å². The summed E-state index contributed by atoms with van der Waals surface area (Å²) >= 11 is 0. The van der Waals surface area contributed by atoms with Crippen molar-refractivity contribution < 1.29 is 12.8 Å². The summed E-state index contributed by atoms with van der Waals surface area (Å²) in [5, 5.41) is 9.44. The van der Waals surface area contributed by atoms with Crippen LogP contribution in [0.5, 0.6) is 0 Å². The van der Waals surface area contributed by atoms with E-state index in [2.05, 4.69) is 6.92 Å². The van der Waals surface area contributed by atoms with Crippen molar-refractivity contribution in [2.24, 2.45) is 0 Å². The van der Waals surface area contributed by atoms with Crippen molar-refractivity contribution in [3.05, 3.63) is 35.9 Å². The summed E-state index contributed by atoms with van der Waals surface area (Å²) < 4.78 is 0. The van der Waals surface area contributed by atoms with E-state index in [1.807, 2.05) is 37.3 Å². The van der Waals surface area contributed by atoms with Crippen molar-refractivity contribution in [3.8, 4) is 0 Å². The van der Waals surface area contributed by atoms with Crippen LogP contribution in [0, 0.1) is 0 Å². The predicted octanol–water partition coefficient (Wildman–Crippen LogP) is 3.84. The Balaban J connectivity index is -0.000000963. The fraction of sp³-hybridized carbons (Fsp3) is 0.533. The first-order chi connectivity index (χ1) is 8.11. The van der Waals surface area contributed by atoms with E-state index in [0.29, 0.717) is 6.42 Å². The van der Waals surface area contributed by atoms with E-state index in [1.165, 1.54) is 12.8 Å². The van der Waals surface area contributed by atoms with Gasteiger partial charge in [-0.25, -0.2) is 0 Å². The van der Waals surface area contributed by atoms with Crippen LogP contribution in [0.2, 0.25) is 0 Å². The maximum absolute atomic E-state index is 11.5. The number of rotatable bonds is 7. The van der Waals surface area contributed by atoms with Crippen LogP contribution >= 0.6 is 0 Å². The molecule has 3 heteroatoms. The van der Waals surface area contributed by atoms with Crippen molar-refractivity contribution in [2.75, 3.05) is 0 Å². The van der Waals surface area contributed by atoms with Crippen LogP contribution in [-0.4, -0.2) is 48.8 Å². The van der Waals surface area contributed by atoms with Gasteiger partial charge in [0, 0.05) is 0 Å². The molecule has 0 saturated heterocycles. The Hall–Kier alpha value is -0.0503. The molecule has 0 spiro atoms. The van der Waals surface area contributed by atoms with Crippen LogP contribution in [0.25, 0.3) is 0 Å². The van der Waals surface area contributed by atoms with E-state index < -0.39 is 11.4 Å². The van der Waals surface area contributed by atoms with Crippen LogP contribution in [0.1, 0.15) is 54.4 Å². The second-order valence-electron chi connectivity index (χ2n) is 4.81. The van der Waals surface area contributed by atoms with Gasteiger partial charge in [0.25, 0.3) is 0 Å². The summed E-state index contributed by atoms with van der Waals surface area (Å²) in [7, 11) is 0. The quantitative estimate of drug-likeness (QED) is 0.607. The molecule has 1 atom stereocenters. The first-order valence-corrected chi connectivity index (χ1v) is 6.40. The number of carbonyl (C=O) groups is 1. The topological polar surface area (TPSA) is 37.3 Å². The van der Waals surface area contributed by atoms with Crippen LogP contribution in [0.4, 0.5) is 0 Å². The Morgan fingerprint density at radius 2 is 1.83 bits per heavy atom. The maximum Gasteiger partial charge on any atom is 2.00 e. The molecule has 0 aliphatic heterocycles. The van der Waals surface area contributed by atoms with E-state index in [1.54, 1.807) is 0 Å². The Labute approximate surface area is 143 Å². The molecule has 1 aromatic carbocycles. The predicted molar refractivity (Wildman–Crippen MR) is 78.2 cm³/mol. The molecule has 1 N–H and O–H groups in total. The number of carboxylic acid groups (broad SMARTS) is 1. The number of unbranched alkanes of at least 4 members (excludes halogenated alkanes) is 3. The SMILES string of the molecule is CCCCCCC(C)(C(=O)O)c1ccccc1.[Ca+2].[H-].[H-]. The molecule has 0 saturated carbocycles. The van der Waals surface area contributed by atoms with Crippen molar-refractivity contribution in [2.45, 2.75) is 51.4 Å². The minimum absolute atomic E-state index is 0. The fourth-order valence-electron chi connectivity index (χ4n) is 2.09. The molecule has 2 nitrogen and oxygen atoms in total. The third kappa shape index (κ3) is 4.91. The van der Waals surface area contributed by atoms with Crippen molar-refractivity contribution in [1.29, 1.82) is 0 Å². The van der Waals surface area contributed by atoms with Crippen LogP contribution in [0.15, 0.2) is 30.3 Å². The Kier molecular flexibility index (Phi) is 8.92.